The molecule has 0 aliphatic heterocycles. The van der Waals surface area contributed by atoms with Crippen LogP contribution < -0.4 is 5.32 Å². The molecule has 3 nitrogen and oxygen atoms in total. The quantitative estimate of drug-likeness (QED) is 0.521. The molecular formula is C22H38N2O. The maximum absolute atomic E-state index is 12.1. The lowest BCUT2D eigenvalue weighted by atomic mass is 10.0. The number of benzene rings is 1. The van der Waals surface area contributed by atoms with E-state index in [4.69, 9.17) is 0 Å². The lowest BCUT2D eigenvalue weighted by Crippen LogP contribution is -2.38. The average Bonchev–Trinajstić information content (AvgIpc) is 2.60. The summed E-state index contributed by atoms with van der Waals surface area (Å²) in [6, 6.07) is 8.73. The summed E-state index contributed by atoms with van der Waals surface area (Å²) < 4.78 is 0. The predicted octanol–water partition coefficient (Wildman–Crippen LogP) is 4.79. The van der Waals surface area contributed by atoms with Crippen molar-refractivity contribution in [1.29, 1.82) is 0 Å². The molecule has 1 amide bonds. The zero-order chi connectivity index (χ0) is 18.5. The molecule has 3 heteroatoms. The van der Waals surface area contributed by atoms with Crippen LogP contribution in [0.2, 0.25) is 0 Å². The van der Waals surface area contributed by atoms with Crippen molar-refractivity contribution in [2.75, 3.05) is 19.8 Å². The molecule has 142 valence electrons. The first-order valence-electron chi connectivity index (χ1n) is 10.1. The summed E-state index contributed by atoms with van der Waals surface area (Å²) in [6.45, 7) is 11.7. The second-order valence-electron chi connectivity index (χ2n) is 7.50. The Morgan fingerprint density at radius 1 is 1.00 bits per heavy atom. The van der Waals surface area contributed by atoms with E-state index in [9.17, 15) is 4.79 Å². The summed E-state index contributed by atoms with van der Waals surface area (Å²) in [7, 11) is 0. The van der Waals surface area contributed by atoms with Crippen LogP contribution in [0.15, 0.2) is 24.3 Å². The summed E-state index contributed by atoms with van der Waals surface area (Å²) in [4.78, 5) is 14.5. The molecular weight excluding hydrogens is 308 g/mol. The van der Waals surface area contributed by atoms with Crippen molar-refractivity contribution in [3.63, 3.8) is 0 Å². The van der Waals surface area contributed by atoms with Gasteiger partial charge in [-0.15, -0.1) is 0 Å². The number of unbranched alkanes of at least 4 members (excludes halogenated alkanes) is 2. The molecule has 0 unspecified atom stereocenters. The van der Waals surface area contributed by atoms with Crippen molar-refractivity contribution in [3.8, 4) is 0 Å². The van der Waals surface area contributed by atoms with Crippen LogP contribution in [-0.4, -0.2) is 30.6 Å². The Kier molecular flexibility index (Phi) is 11.2. The third-order valence-electron chi connectivity index (χ3n) is 4.46. The second-order valence-corrected chi connectivity index (χ2v) is 7.50. The van der Waals surface area contributed by atoms with Crippen molar-refractivity contribution >= 4 is 5.91 Å². The number of nitrogens with one attached hydrogen (secondary N) is 1. The Hall–Kier alpha value is -1.35. The molecule has 1 rings (SSSR count). The van der Waals surface area contributed by atoms with E-state index in [2.05, 4.69) is 62.2 Å². The highest BCUT2D eigenvalue weighted by atomic mass is 16.1. The van der Waals surface area contributed by atoms with Crippen molar-refractivity contribution < 1.29 is 4.79 Å². The third-order valence-corrected chi connectivity index (χ3v) is 4.46. The summed E-state index contributed by atoms with van der Waals surface area (Å²) in [5.74, 6) is 0.837. The molecule has 25 heavy (non-hydrogen) atoms. The van der Waals surface area contributed by atoms with Crippen molar-refractivity contribution in [3.05, 3.63) is 35.4 Å². The fourth-order valence-electron chi connectivity index (χ4n) is 2.89. The van der Waals surface area contributed by atoms with Gasteiger partial charge in [0.15, 0.2) is 0 Å². The fourth-order valence-corrected chi connectivity index (χ4v) is 2.89. The molecule has 0 spiro atoms. The van der Waals surface area contributed by atoms with Gasteiger partial charge in [-0.25, -0.2) is 0 Å². The largest absolute Gasteiger partial charge is 0.343 e. The molecule has 0 heterocycles. The molecule has 0 saturated heterocycles. The van der Waals surface area contributed by atoms with E-state index >= 15 is 0 Å². The van der Waals surface area contributed by atoms with Gasteiger partial charge in [0.2, 0.25) is 5.91 Å². The van der Waals surface area contributed by atoms with Crippen LogP contribution in [0.5, 0.6) is 0 Å². The van der Waals surface area contributed by atoms with E-state index in [1.165, 1.54) is 36.8 Å². The molecule has 0 aliphatic carbocycles. The molecule has 1 aromatic carbocycles. The van der Waals surface area contributed by atoms with Gasteiger partial charge in [0.25, 0.3) is 0 Å². The van der Waals surface area contributed by atoms with E-state index in [-0.39, 0.29) is 5.91 Å². The minimum atomic E-state index is 0.157. The normalized spacial score (nSPS) is 11.3. The third kappa shape index (κ3) is 10.3. The first kappa shape index (κ1) is 21.7. The molecule has 0 fully saturated rings. The van der Waals surface area contributed by atoms with Gasteiger partial charge in [0.05, 0.1) is 6.67 Å². The van der Waals surface area contributed by atoms with Crippen LogP contribution in [0.25, 0.3) is 0 Å². The van der Waals surface area contributed by atoms with Gasteiger partial charge in [-0.05, 0) is 55.8 Å². The summed E-state index contributed by atoms with van der Waals surface area (Å²) in [6.07, 6.45) is 7.29. The number of hydrogen-bond acceptors (Lipinski definition) is 2. The monoisotopic (exact) mass is 346 g/mol. The molecule has 0 aliphatic rings. The SMILES string of the molecule is CCCCN(CCCC)CNC(=O)CCc1ccc(CC(C)C)cc1. The molecule has 0 radical (unpaired) electrons. The van der Waals surface area contributed by atoms with Gasteiger partial charge < -0.3 is 5.32 Å². The highest BCUT2D eigenvalue weighted by molar-refractivity contribution is 5.76. The van der Waals surface area contributed by atoms with E-state index in [0.717, 1.165) is 25.9 Å². The maximum atomic E-state index is 12.1. The predicted molar refractivity (Wildman–Crippen MR) is 108 cm³/mol. The molecule has 0 bridgehead atoms. The number of nitrogens with zero attached hydrogens (tertiary/aromatic N) is 1. The first-order chi connectivity index (χ1) is 12.0. The Labute approximate surface area is 155 Å². The van der Waals surface area contributed by atoms with Gasteiger partial charge in [-0.2, -0.15) is 0 Å². The van der Waals surface area contributed by atoms with Gasteiger partial charge in [0, 0.05) is 6.42 Å². The maximum Gasteiger partial charge on any atom is 0.221 e. The van der Waals surface area contributed by atoms with Gasteiger partial charge in [0.1, 0.15) is 0 Å². The standard InChI is InChI=1S/C22H38N2O/c1-5-7-15-24(16-8-6-2)18-23-22(25)14-13-20-9-11-21(12-10-20)17-19(3)4/h9-12,19H,5-8,13-18H2,1-4H3,(H,23,25). The first-order valence-corrected chi connectivity index (χ1v) is 10.1. The number of carbonyl (C=O) groups excluding carboxylic acids is 1. The molecule has 1 N–H and O–H groups in total. The Morgan fingerprint density at radius 3 is 2.08 bits per heavy atom. The highest BCUT2D eigenvalue weighted by Gasteiger charge is 2.07. The minimum absolute atomic E-state index is 0.157. The van der Waals surface area contributed by atoms with Crippen molar-refractivity contribution in [2.24, 2.45) is 5.92 Å². The van der Waals surface area contributed by atoms with E-state index in [1.54, 1.807) is 0 Å². The lowest BCUT2D eigenvalue weighted by Gasteiger charge is -2.22. The van der Waals surface area contributed by atoms with E-state index < -0.39 is 0 Å². The number of aryl methyl sites for hydroxylation is 1. The van der Waals surface area contributed by atoms with Gasteiger partial charge in [-0.3, -0.25) is 9.69 Å². The molecule has 0 atom stereocenters. The smallest absolute Gasteiger partial charge is 0.221 e. The number of rotatable bonds is 13. The topological polar surface area (TPSA) is 32.3 Å². The highest BCUT2D eigenvalue weighted by Crippen LogP contribution is 2.11. The summed E-state index contributed by atoms with van der Waals surface area (Å²) >= 11 is 0. The Balaban J connectivity index is 2.32. The fraction of sp³-hybridized carbons (Fsp3) is 0.682. The van der Waals surface area contributed by atoms with Crippen LogP contribution in [-0.2, 0) is 17.6 Å². The lowest BCUT2D eigenvalue weighted by molar-refractivity contribution is -0.121. The van der Waals surface area contributed by atoms with Gasteiger partial charge in [-0.1, -0.05) is 64.8 Å². The number of hydrogen-bond donors (Lipinski definition) is 1. The van der Waals surface area contributed by atoms with E-state index in [0.29, 0.717) is 19.0 Å². The van der Waals surface area contributed by atoms with Crippen LogP contribution in [0.4, 0.5) is 0 Å². The zero-order valence-electron chi connectivity index (χ0n) is 16.8. The van der Waals surface area contributed by atoms with Crippen molar-refractivity contribution in [1.82, 2.24) is 10.2 Å². The van der Waals surface area contributed by atoms with E-state index in [1.807, 2.05) is 0 Å². The van der Waals surface area contributed by atoms with Crippen LogP contribution in [0.3, 0.4) is 0 Å². The number of carbonyl (C=O) groups is 1. The number of amides is 1. The van der Waals surface area contributed by atoms with Crippen LogP contribution in [0, 0.1) is 5.92 Å². The van der Waals surface area contributed by atoms with Crippen LogP contribution in [0.1, 0.15) is 70.9 Å². The van der Waals surface area contributed by atoms with Gasteiger partial charge >= 0.3 is 0 Å². The minimum Gasteiger partial charge on any atom is -0.343 e. The molecule has 1 aromatic rings. The summed E-state index contributed by atoms with van der Waals surface area (Å²) in [5.41, 5.74) is 2.63. The zero-order valence-corrected chi connectivity index (χ0v) is 16.8. The molecule has 0 saturated carbocycles. The Morgan fingerprint density at radius 2 is 1.56 bits per heavy atom. The average molecular weight is 347 g/mol. The molecule has 0 aromatic heterocycles. The second kappa shape index (κ2) is 12.9. The Bertz CT molecular complexity index is 459. The van der Waals surface area contributed by atoms with Crippen molar-refractivity contribution in [2.45, 2.75) is 72.6 Å². The van der Waals surface area contributed by atoms with Crippen LogP contribution >= 0.6 is 0 Å². The summed E-state index contributed by atoms with van der Waals surface area (Å²) in [5, 5.41) is 3.10.